The summed E-state index contributed by atoms with van der Waals surface area (Å²) in [6, 6.07) is -3.30. The molecule has 21 N–H and O–H groups in total. The molecule has 0 spiro atoms. The normalized spacial score (nSPS) is 14.9. The fourth-order valence-electron chi connectivity index (χ4n) is 5.24. The van der Waals surface area contributed by atoms with Crippen LogP contribution in [0.4, 0.5) is 0 Å². The molecule has 342 valence electrons. The summed E-state index contributed by atoms with van der Waals surface area (Å²) in [5.74, 6) is -8.40. The molecule has 1 rings (SSSR count). The van der Waals surface area contributed by atoms with Crippen molar-refractivity contribution in [1.82, 2.24) is 37.2 Å². The zero-order chi connectivity index (χ0) is 46.2. The van der Waals surface area contributed by atoms with Crippen molar-refractivity contribution in [3.63, 3.8) is 0 Å². The van der Waals surface area contributed by atoms with Crippen molar-refractivity contribution in [1.29, 1.82) is 0 Å². The quantitative estimate of drug-likeness (QED) is 0.0333. The summed E-state index contributed by atoms with van der Waals surface area (Å²) in [6.45, 7) is -0.719. The number of benzene rings is 1. The highest BCUT2D eigenvalue weighted by Gasteiger charge is 2.34. The predicted molar refractivity (Wildman–Crippen MR) is 214 cm³/mol. The molecule has 8 atom stereocenters. The molecule has 0 saturated carbocycles. The summed E-state index contributed by atoms with van der Waals surface area (Å²) >= 11 is 0. The Bertz CT molecular complexity index is 1650. The summed E-state index contributed by atoms with van der Waals surface area (Å²) in [7, 11) is 0. The van der Waals surface area contributed by atoms with Crippen LogP contribution >= 0.6 is 0 Å². The first-order valence-electron chi connectivity index (χ1n) is 19.2. The molecule has 0 fully saturated rings. The number of nitrogens with two attached hydrogens (primary N) is 5. The van der Waals surface area contributed by atoms with Gasteiger partial charge in [0, 0.05) is 32.5 Å². The van der Waals surface area contributed by atoms with Crippen molar-refractivity contribution in [2.24, 2.45) is 28.7 Å². The molecule has 3 unspecified atom stereocenters. The maximum Gasteiger partial charge on any atom is 0.245 e. The summed E-state index contributed by atoms with van der Waals surface area (Å²) in [6.07, 6.45) is -2.06. The molecule has 0 aliphatic heterocycles. The van der Waals surface area contributed by atoms with Crippen molar-refractivity contribution in [3.05, 3.63) is 35.4 Å². The lowest BCUT2D eigenvalue weighted by Crippen LogP contribution is -2.62. The predicted octanol–water partition coefficient (Wildman–Crippen LogP) is -8.72. The smallest absolute Gasteiger partial charge is 0.245 e. The monoisotopic (exact) mass is 868 g/mol. The highest BCUT2D eigenvalue weighted by Crippen LogP contribution is 2.08. The minimum absolute atomic E-state index is 0.135. The van der Waals surface area contributed by atoms with E-state index >= 15 is 0 Å². The van der Waals surface area contributed by atoms with E-state index in [0.717, 1.165) is 18.1 Å². The van der Waals surface area contributed by atoms with Crippen molar-refractivity contribution in [3.8, 4) is 0 Å². The van der Waals surface area contributed by atoms with Crippen LogP contribution in [0.5, 0.6) is 0 Å². The van der Waals surface area contributed by atoms with Crippen LogP contribution < -0.4 is 65.9 Å². The molecule has 0 saturated heterocycles. The van der Waals surface area contributed by atoms with Crippen LogP contribution in [0, 0.1) is 0 Å². The number of hydrogen-bond donors (Lipinski definition) is 16. The lowest BCUT2D eigenvalue weighted by molar-refractivity contribution is -0.137. The van der Waals surface area contributed by atoms with Gasteiger partial charge in [0.25, 0.3) is 0 Å². The van der Waals surface area contributed by atoms with Gasteiger partial charge in [0.2, 0.25) is 53.2 Å². The largest absolute Gasteiger partial charge is 0.394 e. The molecule has 9 amide bonds. The average molecular weight is 869 g/mol. The third-order valence-corrected chi connectivity index (χ3v) is 8.86. The van der Waals surface area contributed by atoms with E-state index in [-0.39, 0.29) is 32.4 Å². The van der Waals surface area contributed by atoms with Crippen molar-refractivity contribution in [2.45, 2.75) is 100 Å². The molecule has 0 aromatic heterocycles. The van der Waals surface area contributed by atoms with Gasteiger partial charge in [0.05, 0.1) is 32.3 Å². The van der Waals surface area contributed by atoms with Crippen LogP contribution in [-0.4, -0.2) is 155 Å². The van der Waals surface area contributed by atoms with Crippen molar-refractivity contribution >= 4 is 53.2 Å². The number of nitrogens with one attached hydrogen (secondary N) is 7. The minimum Gasteiger partial charge on any atom is -0.394 e. The Hall–Kier alpha value is -5.83. The van der Waals surface area contributed by atoms with Crippen LogP contribution in [-0.2, 0) is 56.1 Å². The number of aliphatic hydroxyl groups excluding tert-OH is 4. The zero-order valence-electron chi connectivity index (χ0n) is 33.8. The second-order valence-corrected chi connectivity index (χ2v) is 13.9. The van der Waals surface area contributed by atoms with Crippen LogP contribution in [0.1, 0.15) is 50.2 Å². The van der Waals surface area contributed by atoms with Gasteiger partial charge in [-0.05, 0) is 37.3 Å². The fraction of sp³-hybridized carbons (Fsp3) is 0.583. The van der Waals surface area contributed by atoms with Crippen molar-refractivity contribution in [2.75, 3.05) is 32.9 Å². The third-order valence-electron chi connectivity index (χ3n) is 8.86. The van der Waals surface area contributed by atoms with Gasteiger partial charge in [0.1, 0.15) is 42.3 Å². The molecule has 61 heavy (non-hydrogen) atoms. The molecule has 0 radical (unpaired) electrons. The van der Waals surface area contributed by atoms with E-state index in [0.29, 0.717) is 19.4 Å². The van der Waals surface area contributed by atoms with E-state index in [1.165, 1.54) is 0 Å². The van der Waals surface area contributed by atoms with E-state index in [1.54, 1.807) is 24.3 Å². The Morgan fingerprint density at radius 1 is 0.607 bits per heavy atom. The Balaban J connectivity index is 2.70. The van der Waals surface area contributed by atoms with E-state index in [2.05, 4.69) is 37.2 Å². The van der Waals surface area contributed by atoms with Crippen LogP contribution in [0.2, 0.25) is 0 Å². The Kier molecular flexibility index (Phi) is 24.3. The molecule has 25 heteroatoms. The standard InChI is InChI=1S/C36H60N12O13/c1-18(52)29(48-34(59)25(13-27(40)53)46-32(57)22(39)16-50)36(61)47-26(17-51)35(60)44-23(30(41)55)8-9-28(54)42-10-2-3-11-43-33(58)24(45-31(56)21(38)15-49)12-19-4-6-20(14-37)7-5-19/h4-7,18,21-26,29,49-52H,2-3,8-17,37-39H2,1H3,(H2,40,53)(H2,41,55)(H,42,54)(H,43,58)(H,44,60)(H,45,56)(H,46,57)(H,47,61)(H,48,59)/t18-,21?,22+,23?,24?,25+,26+,29+/m1/s1. The Morgan fingerprint density at radius 2 is 1.10 bits per heavy atom. The molecule has 1 aromatic rings. The zero-order valence-corrected chi connectivity index (χ0v) is 33.8. The van der Waals surface area contributed by atoms with Gasteiger partial charge in [-0.3, -0.25) is 43.2 Å². The molecule has 0 heterocycles. The van der Waals surface area contributed by atoms with Gasteiger partial charge in [-0.1, -0.05) is 24.3 Å². The number of unbranched alkanes of at least 4 members (excludes halogenated alkanes) is 1. The number of carbonyl (C=O) groups is 9. The van der Waals surface area contributed by atoms with E-state index < -0.39 is 128 Å². The molecule has 0 bridgehead atoms. The number of amides is 9. The summed E-state index contributed by atoms with van der Waals surface area (Å²) in [5.41, 5.74) is 28.8. The van der Waals surface area contributed by atoms with Crippen molar-refractivity contribution < 1.29 is 63.6 Å². The van der Waals surface area contributed by atoms with E-state index in [1.807, 2.05) is 0 Å². The summed E-state index contributed by atoms with van der Waals surface area (Å²) in [4.78, 5) is 112. The Morgan fingerprint density at radius 3 is 1.59 bits per heavy atom. The first-order valence-corrected chi connectivity index (χ1v) is 19.2. The maximum atomic E-state index is 13.0. The lowest BCUT2D eigenvalue weighted by Gasteiger charge is -2.26. The molecule has 0 aliphatic carbocycles. The van der Waals surface area contributed by atoms with Gasteiger partial charge >= 0.3 is 0 Å². The topological polar surface area (TPSA) is 449 Å². The molecular formula is C36H60N12O13. The number of aliphatic hydroxyl groups is 4. The van der Waals surface area contributed by atoms with Crippen LogP contribution in [0.15, 0.2) is 24.3 Å². The van der Waals surface area contributed by atoms with Crippen LogP contribution in [0.25, 0.3) is 0 Å². The second-order valence-electron chi connectivity index (χ2n) is 13.9. The highest BCUT2D eigenvalue weighted by molar-refractivity contribution is 5.97. The fourth-order valence-corrected chi connectivity index (χ4v) is 5.24. The van der Waals surface area contributed by atoms with Crippen LogP contribution in [0.3, 0.4) is 0 Å². The average Bonchev–Trinajstić information content (AvgIpc) is 3.22. The highest BCUT2D eigenvalue weighted by atomic mass is 16.3. The first kappa shape index (κ1) is 53.2. The number of carbonyl (C=O) groups excluding carboxylic acids is 9. The lowest BCUT2D eigenvalue weighted by atomic mass is 10.0. The van der Waals surface area contributed by atoms with Gasteiger partial charge in [0.15, 0.2) is 0 Å². The molecule has 0 aliphatic rings. The second kappa shape index (κ2) is 27.8. The number of rotatable bonds is 29. The van der Waals surface area contributed by atoms with Gasteiger partial charge in [-0.15, -0.1) is 0 Å². The van der Waals surface area contributed by atoms with E-state index in [4.69, 9.17) is 33.8 Å². The minimum atomic E-state index is -1.83. The Labute approximate surface area is 351 Å². The summed E-state index contributed by atoms with van der Waals surface area (Å²) < 4.78 is 0. The summed E-state index contributed by atoms with van der Waals surface area (Å²) in [5, 5.41) is 54.7. The number of hydrogen-bond acceptors (Lipinski definition) is 16. The molecule has 1 aromatic carbocycles. The van der Waals surface area contributed by atoms with Gasteiger partial charge in [-0.2, -0.15) is 0 Å². The van der Waals surface area contributed by atoms with Gasteiger partial charge < -0.3 is 86.3 Å². The SMILES string of the molecule is C[C@@H](O)[C@H](NC(=O)[C@H](CC(N)=O)NC(=O)[C@@H](N)CO)C(=O)N[C@@H](CO)C(=O)NC(CCC(=O)NCCCCNC(=O)C(Cc1ccc(CN)cc1)NC(=O)C(N)CO)C(N)=O. The van der Waals surface area contributed by atoms with Gasteiger partial charge in [-0.25, -0.2) is 0 Å². The third kappa shape index (κ3) is 19.9. The molecule has 25 nitrogen and oxygen atoms in total. The number of primary amides is 2. The maximum absolute atomic E-state index is 13.0. The first-order chi connectivity index (χ1) is 28.8. The van der Waals surface area contributed by atoms with E-state index in [9.17, 15) is 58.5 Å². The molecular weight excluding hydrogens is 808 g/mol.